The number of nitrogens with zero attached hydrogens (tertiary/aromatic N) is 2. The molecule has 0 aromatic heterocycles. The molecule has 0 heterocycles. The molecule has 4 aromatic rings. The molecule has 1 aliphatic rings. The summed E-state index contributed by atoms with van der Waals surface area (Å²) in [6, 6.07) is 27.7. The Kier molecular flexibility index (Phi) is 10.5. The Morgan fingerprint density at radius 2 is 1.48 bits per heavy atom. The summed E-state index contributed by atoms with van der Waals surface area (Å²) >= 11 is 0. The van der Waals surface area contributed by atoms with E-state index in [-0.39, 0.29) is 35.5 Å². The number of carbonyl (C=O) groups excluding carboxylic acids is 2. The molecule has 0 aliphatic heterocycles. The van der Waals surface area contributed by atoms with Crippen molar-refractivity contribution >= 4 is 27.5 Å². The van der Waals surface area contributed by atoms with E-state index in [0.29, 0.717) is 0 Å². The molecule has 9 heteroatoms. The van der Waals surface area contributed by atoms with E-state index in [1.54, 1.807) is 24.3 Å². The predicted octanol–water partition coefficient (Wildman–Crippen LogP) is 6.34. The second-order valence-corrected chi connectivity index (χ2v) is 13.9. The number of hydrogen-bond donors (Lipinski definition) is 1. The minimum absolute atomic E-state index is 0.0320. The molecule has 1 saturated carbocycles. The Morgan fingerprint density at radius 1 is 0.826 bits per heavy atom. The maximum absolute atomic E-state index is 14.6. The molecule has 0 unspecified atom stereocenters. The van der Waals surface area contributed by atoms with E-state index in [0.717, 1.165) is 64.4 Å². The summed E-state index contributed by atoms with van der Waals surface area (Å²) in [6.07, 6.45) is 4.09. The number of hydrogen-bond acceptors (Lipinski definition) is 4. The molecule has 1 aliphatic carbocycles. The van der Waals surface area contributed by atoms with Gasteiger partial charge in [0.1, 0.15) is 18.4 Å². The Morgan fingerprint density at radius 3 is 2.13 bits per heavy atom. The number of amides is 2. The van der Waals surface area contributed by atoms with Gasteiger partial charge < -0.3 is 10.2 Å². The molecule has 1 atom stereocenters. The van der Waals surface area contributed by atoms with E-state index in [1.807, 2.05) is 68.4 Å². The highest BCUT2D eigenvalue weighted by Crippen LogP contribution is 2.26. The van der Waals surface area contributed by atoms with Gasteiger partial charge in [-0.2, -0.15) is 0 Å². The maximum atomic E-state index is 14.6. The van der Waals surface area contributed by atoms with E-state index in [2.05, 4.69) is 5.32 Å². The normalized spacial score (nSPS) is 14.1. The summed E-state index contributed by atoms with van der Waals surface area (Å²) in [6.45, 7) is 3.39. The van der Waals surface area contributed by atoms with Crippen molar-refractivity contribution in [3.8, 4) is 0 Å². The van der Waals surface area contributed by atoms with Crippen LogP contribution in [0.4, 0.5) is 10.1 Å². The zero-order valence-corrected chi connectivity index (χ0v) is 27.0. The summed E-state index contributed by atoms with van der Waals surface area (Å²) in [7, 11) is -4.30. The molecule has 0 radical (unpaired) electrons. The van der Waals surface area contributed by atoms with Gasteiger partial charge in [-0.25, -0.2) is 12.8 Å². The van der Waals surface area contributed by atoms with Gasteiger partial charge in [0.25, 0.3) is 10.0 Å². The van der Waals surface area contributed by atoms with Crippen LogP contribution >= 0.6 is 0 Å². The number of nitrogens with one attached hydrogen (secondary N) is 1. The summed E-state index contributed by atoms with van der Waals surface area (Å²) < 4.78 is 43.0. The number of sulfonamides is 1. The minimum Gasteiger partial charge on any atom is -0.352 e. The Balaban J connectivity index is 1.56. The highest BCUT2D eigenvalue weighted by molar-refractivity contribution is 7.92. The quantitative estimate of drug-likeness (QED) is 0.196. The highest BCUT2D eigenvalue weighted by atomic mass is 32.2. The third kappa shape index (κ3) is 8.20. The van der Waals surface area contributed by atoms with Crippen molar-refractivity contribution in [1.82, 2.24) is 10.2 Å². The van der Waals surface area contributed by atoms with Crippen LogP contribution in [0.2, 0.25) is 0 Å². The van der Waals surface area contributed by atoms with Crippen molar-refractivity contribution in [2.24, 2.45) is 0 Å². The van der Waals surface area contributed by atoms with Crippen LogP contribution < -0.4 is 9.62 Å². The summed E-state index contributed by atoms with van der Waals surface area (Å²) in [5.41, 5.74) is 3.91. The number of halogens is 1. The summed E-state index contributed by atoms with van der Waals surface area (Å²) in [5, 5.41) is 3.18. The van der Waals surface area contributed by atoms with Gasteiger partial charge in [-0.05, 0) is 74.2 Å². The zero-order chi connectivity index (χ0) is 32.7. The lowest BCUT2D eigenvalue weighted by Gasteiger charge is -2.34. The van der Waals surface area contributed by atoms with Crippen LogP contribution in [-0.2, 0) is 32.6 Å². The van der Waals surface area contributed by atoms with Gasteiger partial charge >= 0.3 is 0 Å². The number of rotatable bonds is 12. The third-order valence-electron chi connectivity index (χ3n) is 8.41. The first kappa shape index (κ1) is 32.9. The Hall–Kier alpha value is -4.50. The van der Waals surface area contributed by atoms with Gasteiger partial charge in [-0.1, -0.05) is 90.7 Å². The fourth-order valence-electron chi connectivity index (χ4n) is 5.90. The molecule has 1 fully saturated rings. The van der Waals surface area contributed by atoms with Crippen molar-refractivity contribution in [2.75, 3.05) is 10.8 Å². The Labute approximate surface area is 271 Å². The molecule has 2 amide bonds. The average molecular weight is 642 g/mol. The van der Waals surface area contributed by atoms with Crippen LogP contribution in [0.1, 0.15) is 47.9 Å². The van der Waals surface area contributed by atoms with Crippen LogP contribution in [0.5, 0.6) is 0 Å². The van der Waals surface area contributed by atoms with Crippen LogP contribution in [0.15, 0.2) is 108 Å². The van der Waals surface area contributed by atoms with Crippen LogP contribution in [-0.4, -0.2) is 43.8 Å². The van der Waals surface area contributed by atoms with Crippen LogP contribution in [0.3, 0.4) is 0 Å². The van der Waals surface area contributed by atoms with E-state index in [9.17, 15) is 22.4 Å². The lowest BCUT2D eigenvalue weighted by Crippen LogP contribution is -2.54. The lowest BCUT2D eigenvalue weighted by molar-refractivity contribution is -0.140. The summed E-state index contributed by atoms with van der Waals surface area (Å²) in [5.74, 6) is -1.37. The fourth-order valence-corrected chi connectivity index (χ4v) is 7.32. The third-order valence-corrected chi connectivity index (χ3v) is 10.2. The molecule has 4 aromatic carbocycles. The first-order valence-corrected chi connectivity index (χ1v) is 17.1. The molecule has 0 spiro atoms. The zero-order valence-electron chi connectivity index (χ0n) is 26.2. The molecular formula is C37H40FN3O4S. The molecule has 0 bridgehead atoms. The van der Waals surface area contributed by atoms with Crippen molar-refractivity contribution in [2.45, 2.75) is 69.5 Å². The van der Waals surface area contributed by atoms with Gasteiger partial charge in [0.2, 0.25) is 11.8 Å². The molecule has 5 rings (SSSR count). The Bertz CT molecular complexity index is 1740. The first-order chi connectivity index (χ1) is 22.1. The van der Waals surface area contributed by atoms with Crippen molar-refractivity contribution < 1.29 is 22.4 Å². The van der Waals surface area contributed by atoms with E-state index in [1.165, 1.54) is 17.0 Å². The minimum atomic E-state index is -4.30. The molecule has 0 saturated heterocycles. The second-order valence-electron chi connectivity index (χ2n) is 12.0. The van der Waals surface area contributed by atoms with Gasteiger partial charge in [-0.3, -0.25) is 13.9 Å². The first-order valence-electron chi connectivity index (χ1n) is 15.6. The van der Waals surface area contributed by atoms with Gasteiger partial charge in [-0.15, -0.1) is 0 Å². The number of aryl methyl sites for hydroxylation is 2. The van der Waals surface area contributed by atoms with Gasteiger partial charge in [0.05, 0.1) is 10.6 Å². The average Bonchev–Trinajstić information content (AvgIpc) is 3.55. The van der Waals surface area contributed by atoms with Crippen molar-refractivity contribution in [1.29, 1.82) is 0 Å². The number of benzene rings is 4. The molecule has 7 nitrogen and oxygen atoms in total. The van der Waals surface area contributed by atoms with Crippen molar-refractivity contribution in [3.63, 3.8) is 0 Å². The van der Waals surface area contributed by atoms with Crippen molar-refractivity contribution in [3.05, 3.63) is 131 Å². The second kappa shape index (κ2) is 14.7. The molecule has 1 N–H and O–H groups in total. The number of anilines is 1. The predicted molar refractivity (Wildman–Crippen MR) is 178 cm³/mol. The monoisotopic (exact) mass is 641 g/mol. The van der Waals surface area contributed by atoms with Crippen LogP contribution in [0, 0.1) is 19.7 Å². The largest absolute Gasteiger partial charge is 0.352 e. The standard InChI is InChI=1S/C37H40FN3O4S/c1-27-15-19-33(20-16-27)41(46(44,45)34-21-17-31(38)18-22-34)26-36(42)40(25-30-12-8-9-28(2)23-30)35(24-29-10-4-3-5-11-29)37(43)39-32-13-6-7-14-32/h3-5,8-12,15-23,32,35H,6-7,13-14,24-26H2,1-2H3,(H,39,43)/t35-/m1/s1. The van der Waals surface area contributed by atoms with E-state index in [4.69, 9.17) is 0 Å². The molecule has 46 heavy (non-hydrogen) atoms. The maximum Gasteiger partial charge on any atom is 0.264 e. The lowest BCUT2D eigenvalue weighted by atomic mass is 10.0. The SMILES string of the molecule is Cc1ccc(N(CC(=O)N(Cc2cccc(C)c2)[C@H](Cc2ccccc2)C(=O)NC2CCCC2)S(=O)(=O)c2ccc(F)cc2)cc1. The smallest absolute Gasteiger partial charge is 0.264 e. The summed E-state index contributed by atoms with van der Waals surface area (Å²) in [4.78, 5) is 30.0. The van der Waals surface area contributed by atoms with E-state index < -0.39 is 34.3 Å². The number of carbonyl (C=O) groups is 2. The van der Waals surface area contributed by atoms with Gasteiger partial charge in [0.15, 0.2) is 0 Å². The topological polar surface area (TPSA) is 86.8 Å². The highest BCUT2D eigenvalue weighted by Gasteiger charge is 2.35. The molecule has 240 valence electrons. The van der Waals surface area contributed by atoms with Gasteiger partial charge in [0, 0.05) is 19.0 Å². The van der Waals surface area contributed by atoms with Crippen LogP contribution in [0.25, 0.3) is 0 Å². The fraction of sp³-hybridized carbons (Fsp3) is 0.297. The molecular weight excluding hydrogens is 601 g/mol. The van der Waals surface area contributed by atoms with E-state index >= 15 is 0 Å².